The Morgan fingerprint density at radius 2 is 2.33 bits per heavy atom. The van der Waals surface area contributed by atoms with E-state index in [4.69, 9.17) is 22.1 Å². The molecule has 2 N–H and O–H groups in total. The van der Waals surface area contributed by atoms with Gasteiger partial charge < -0.3 is 10.5 Å². The molecule has 0 spiro atoms. The van der Waals surface area contributed by atoms with Gasteiger partial charge in [0.2, 0.25) is 0 Å². The Hall–Kier alpha value is -0.740. The Morgan fingerprint density at radius 1 is 1.67 bits per heavy atom. The molecule has 0 aliphatic heterocycles. The number of hydrogen-bond donors (Lipinski definition) is 1. The Labute approximate surface area is 101 Å². The molecule has 0 aromatic heterocycles. The van der Waals surface area contributed by atoms with Crippen molar-refractivity contribution < 1.29 is 9.13 Å². The fourth-order valence-corrected chi connectivity index (χ4v) is 1.32. The Morgan fingerprint density at radius 3 is 2.93 bits per heavy atom. The maximum absolute atomic E-state index is 13.1. The van der Waals surface area contributed by atoms with Gasteiger partial charge in [-0.05, 0) is 34.5 Å². The predicted molar refractivity (Wildman–Crippen MR) is 63.6 cm³/mol. The van der Waals surface area contributed by atoms with Crippen LogP contribution >= 0.6 is 27.5 Å². The first-order valence-electron chi connectivity index (χ1n) is 4.17. The summed E-state index contributed by atoms with van der Waals surface area (Å²) in [5, 5.41) is 0. The third-order valence-electron chi connectivity index (χ3n) is 1.69. The fraction of sp³-hybridized carbons (Fsp3) is 0.200. The Kier molecular flexibility index (Phi) is 4.42. The van der Waals surface area contributed by atoms with Gasteiger partial charge in [0.1, 0.15) is 18.2 Å². The highest BCUT2D eigenvalue weighted by Gasteiger charge is 2.06. The van der Waals surface area contributed by atoms with E-state index >= 15 is 0 Å². The minimum atomic E-state index is -0.410. The van der Waals surface area contributed by atoms with E-state index in [9.17, 15) is 4.39 Å². The van der Waals surface area contributed by atoms with Crippen molar-refractivity contribution in [3.05, 3.63) is 33.5 Å². The highest BCUT2D eigenvalue weighted by Crippen LogP contribution is 2.28. The number of anilines is 1. The van der Waals surface area contributed by atoms with Crippen molar-refractivity contribution in [2.75, 3.05) is 12.3 Å². The molecular weight excluding hydrogens is 284 g/mol. The second-order valence-corrected chi connectivity index (χ2v) is 4.12. The van der Waals surface area contributed by atoms with Gasteiger partial charge in [-0.2, -0.15) is 0 Å². The summed E-state index contributed by atoms with van der Waals surface area (Å²) in [5.74, 6) is -0.0970. The van der Waals surface area contributed by atoms with Crippen LogP contribution in [0.1, 0.15) is 6.92 Å². The van der Waals surface area contributed by atoms with Gasteiger partial charge in [0.25, 0.3) is 0 Å². The van der Waals surface area contributed by atoms with Crippen LogP contribution in [0, 0.1) is 5.82 Å². The maximum Gasteiger partial charge on any atom is 0.145 e. The predicted octanol–water partition coefficient (Wildman–Crippen LogP) is 3.69. The maximum atomic E-state index is 13.1. The van der Waals surface area contributed by atoms with Crippen molar-refractivity contribution in [3.8, 4) is 5.75 Å². The van der Waals surface area contributed by atoms with Crippen LogP contribution in [0.2, 0.25) is 0 Å². The van der Waals surface area contributed by atoms with Crippen molar-refractivity contribution in [1.29, 1.82) is 0 Å². The van der Waals surface area contributed by atoms with Crippen LogP contribution in [-0.4, -0.2) is 6.61 Å². The quantitative estimate of drug-likeness (QED) is 0.863. The number of hydrogen-bond acceptors (Lipinski definition) is 2. The summed E-state index contributed by atoms with van der Waals surface area (Å²) in [7, 11) is 0. The highest BCUT2D eigenvalue weighted by molar-refractivity contribution is 9.10. The largest absolute Gasteiger partial charge is 0.487 e. The van der Waals surface area contributed by atoms with E-state index in [0.717, 1.165) is 5.57 Å². The second-order valence-electron chi connectivity index (χ2n) is 3.05. The van der Waals surface area contributed by atoms with E-state index in [0.29, 0.717) is 15.9 Å². The van der Waals surface area contributed by atoms with Gasteiger partial charge in [-0.3, -0.25) is 0 Å². The zero-order chi connectivity index (χ0) is 11.4. The summed E-state index contributed by atoms with van der Waals surface area (Å²) < 4.78 is 18.7. The lowest BCUT2D eigenvalue weighted by Gasteiger charge is -2.09. The summed E-state index contributed by atoms with van der Waals surface area (Å²) in [6, 6.07) is 2.70. The number of ether oxygens (including phenoxy) is 1. The van der Waals surface area contributed by atoms with E-state index in [-0.39, 0.29) is 6.61 Å². The first kappa shape index (κ1) is 12.3. The Bertz CT molecular complexity index is 395. The van der Waals surface area contributed by atoms with Gasteiger partial charge >= 0.3 is 0 Å². The lowest BCUT2D eigenvalue weighted by molar-refractivity contribution is 0.352. The van der Waals surface area contributed by atoms with Gasteiger partial charge in [-0.25, -0.2) is 4.39 Å². The second kappa shape index (κ2) is 5.37. The average molecular weight is 295 g/mol. The molecule has 1 rings (SSSR count). The first-order chi connectivity index (χ1) is 7.04. The molecule has 0 saturated carbocycles. The average Bonchev–Trinajstić information content (AvgIpc) is 2.21. The van der Waals surface area contributed by atoms with Crippen LogP contribution in [-0.2, 0) is 0 Å². The molecular formula is C10H10BrClFNO. The molecule has 82 valence electrons. The molecule has 0 bridgehead atoms. The number of nitrogens with two attached hydrogens (primary N) is 1. The zero-order valence-corrected chi connectivity index (χ0v) is 10.4. The highest BCUT2D eigenvalue weighted by atomic mass is 79.9. The third kappa shape index (κ3) is 3.39. The molecule has 15 heavy (non-hydrogen) atoms. The van der Waals surface area contributed by atoms with Crippen molar-refractivity contribution in [2.45, 2.75) is 6.92 Å². The van der Waals surface area contributed by atoms with Crippen molar-refractivity contribution in [2.24, 2.45) is 0 Å². The van der Waals surface area contributed by atoms with E-state index in [2.05, 4.69) is 15.9 Å². The topological polar surface area (TPSA) is 35.2 Å². The van der Waals surface area contributed by atoms with Crippen LogP contribution < -0.4 is 10.5 Å². The summed E-state index contributed by atoms with van der Waals surface area (Å²) in [6.07, 6.45) is 0. The van der Waals surface area contributed by atoms with Crippen LogP contribution in [0.25, 0.3) is 0 Å². The van der Waals surface area contributed by atoms with Gasteiger partial charge in [0, 0.05) is 11.6 Å². The molecule has 0 saturated heterocycles. The number of nitrogen functional groups attached to an aromatic ring is 1. The van der Waals surface area contributed by atoms with Crippen LogP contribution in [0.5, 0.6) is 5.75 Å². The van der Waals surface area contributed by atoms with Crippen LogP contribution in [0.3, 0.4) is 0 Å². The first-order valence-corrected chi connectivity index (χ1v) is 5.40. The van der Waals surface area contributed by atoms with Crippen molar-refractivity contribution in [3.63, 3.8) is 0 Å². The third-order valence-corrected chi connectivity index (χ3v) is 2.67. The number of benzene rings is 1. The van der Waals surface area contributed by atoms with Crippen LogP contribution in [0.15, 0.2) is 27.7 Å². The van der Waals surface area contributed by atoms with Gasteiger partial charge in [0.05, 0.1) is 10.2 Å². The molecule has 0 fully saturated rings. The van der Waals surface area contributed by atoms with Crippen molar-refractivity contribution >= 4 is 33.2 Å². The molecule has 0 radical (unpaired) electrons. The molecule has 0 unspecified atom stereocenters. The normalized spacial score (nSPS) is 11.6. The summed E-state index contributed by atoms with van der Waals surface area (Å²) in [5.41, 5.74) is 8.26. The minimum Gasteiger partial charge on any atom is -0.487 e. The molecule has 0 heterocycles. The Balaban J connectivity index is 2.82. The number of halogens is 3. The van der Waals surface area contributed by atoms with Crippen LogP contribution in [0.4, 0.5) is 10.1 Å². The summed E-state index contributed by atoms with van der Waals surface area (Å²) in [6.45, 7) is 2.09. The fourth-order valence-electron chi connectivity index (χ4n) is 0.892. The van der Waals surface area contributed by atoms with Gasteiger partial charge in [0.15, 0.2) is 0 Å². The van der Waals surface area contributed by atoms with Gasteiger partial charge in [-0.15, -0.1) is 0 Å². The molecule has 5 heteroatoms. The van der Waals surface area contributed by atoms with Gasteiger partial charge in [-0.1, -0.05) is 11.6 Å². The molecule has 0 aliphatic rings. The molecule has 2 nitrogen and oxygen atoms in total. The summed E-state index contributed by atoms with van der Waals surface area (Å²) >= 11 is 8.49. The monoisotopic (exact) mass is 293 g/mol. The lowest BCUT2D eigenvalue weighted by Crippen LogP contribution is -2.01. The van der Waals surface area contributed by atoms with Crippen molar-refractivity contribution in [1.82, 2.24) is 0 Å². The molecule has 0 aliphatic carbocycles. The summed E-state index contributed by atoms with van der Waals surface area (Å²) in [4.78, 5) is 0. The smallest absolute Gasteiger partial charge is 0.145 e. The standard InChI is InChI=1S/C10H10BrClFNO/c1-6(4-12)5-15-10-3-8(13)7(11)2-9(10)14/h2-4H,5,14H2,1H3/b6-4-. The van der Waals surface area contributed by atoms with E-state index < -0.39 is 5.82 Å². The molecule has 1 aromatic rings. The van der Waals surface area contributed by atoms with E-state index in [1.165, 1.54) is 17.7 Å². The lowest BCUT2D eigenvalue weighted by atomic mass is 10.3. The zero-order valence-electron chi connectivity index (χ0n) is 8.06. The SMILES string of the molecule is C/C(=C/Cl)COc1cc(F)c(Br)cc1N. The number of rotatable bonds is 3. The van der Waals surface area contributed by atoms with E-state index in [1.807, 2.05) is 0 Å². The minimum absolute atomic E-state index is 0.286. The molecule has 1 aromatic carbocycles. The molecule has 0 atom stereocenters. The molecule has 0 amide bonds. The van der Waals surface area contributed by atoms with E-state index in [1.54, 1.807) is 6.92 Å².